The van der Waals surface area contributed by atoms with Crippen molar-refractivity contribution in [2.24, 2.45) is 5.92 Å². The minimum absolute atomic E-state index is 0.307. The van der Waals surface area contributed by atoms with Crippen molar-refractivity contribution < 1.29 is 9.53 Å². The summed E-state index contributed by atoms with van der Waals surface area (Å²) in [6, 6.07) is 0. The molecule has 3 rings (SSSR count). The van der Waals surface area contributed by atoms with Crippen molar-refractivity contribution in [2.45, 2.75) is 52.5 Å². The van der Waals surface area contributed by atoms with Crippen molar-refractivity contribution in [1.29, 1.82) is 0 Å². The fourth-order valence-corrected chi connectivity index (χ4v) is 3.71. The summed E-state index contributed by atoms with van der Waals surface area (Å²) in [7, 11) is 0. The number of halogens is 1. The lowest BCUT2D eigenvalue weighted by Crippen LogP contribution is -2.15. The Morgan fingerprint density at radius 1 is 1.39 bits per heavy atom. The highest BCUT2D eigenvalue weighted by Crippen LogP contribution is 2.31. The van der Waals surface area contributed by atoms with Crippen LogP contribution in [-0.4, -0.2) is 27.3 Å². The number of carbonyl (C=O) groups is 1. The Bertz CT molecular complexity index is 720. The molecule has 23 heavy (non-hydrogen) atoms. The van der Waals surface area contributed by atoms with E-state index in [0.717, 1.165) is 23.3 Å². The zero-order chi connectivity index (χ0) is 16.4. The Balaban J connectivity index is 1.96. The third-order valence-electron chi connectivity index (χ3n) is 4.52. The molecule has 0 saturated heterocycles. The largest absolute Gasteiger partial charge is 0.462 e. The van der Waals surface area contributed by atoms with E-state index < -0.39 is 5.97 Å². The van der Waals surface area contributed by atoms with Crippen LogP contribution in [0.15, 0.2) is 6.20 Å². The number of fused-ring (bicyclic) bond motifs is 1. The van der Waals surface area contributed by atoms with Crippen LogP contribution in [0.2, 0.25) is 5.02 Å². The molecule has 5 nitrogen and oxygen atoms in total. The molecule has 0 unspecified atom stereocenters. The molecule has 0 N–H and O–H groups in total. The highest BCUT2D eigenvalue weighted by Gasteiger charge is 2.22. The lowest BCUT2D eigenvalue weighted by Gasteiger charge is -2.21. The summed E-state index contributed by atoms with van der Waals surface area (Å²) in [6.07, 6.45) is 7.92. The topological polar surface area (TPSA) is 57.0 Å². The van der Waals surface area contributed by atoms with Gasteiger partial charge in [-0.3, -0.25) is 0 Å². The Morgan fingerprint density at radius 3 is 2.83 bits per heavy atom. The Morgan fingerprint density at radius 2 is 2.13 bits per heavy atom. The van der Waals surface area contributed by atoms with Gasteiger partial charge < -0.3 is 4.74 Å². The molecule has 0 atom stereocenters. The van der Waals surface area contributed by atoms with E-state index in [1.807, 2.05) is 11.6 Å². The molecule has 0 radical (unpaired) electrons. The van der Waals surface area contributed by atoms with Gasteiger partial charge in [0.1, 0.15) is 0 Å². The maximum Gasteiger partial charge on any atom is 0.341 e. The average molecular weight is 336 g/mol. The van der Waals surface area contributed by atoms with E-state index in [9.17, 15) is 4.79 Å². The number of ether oxygens (including phenoxy) is 1. The van der Waals surface area contributed by atoms with Gasteiger partial charge in [-0.2, -0.15) is 5.10 Å². The first-order valence-electron chi connectivity index (χ1n) is 8.30. The van der Waals surface area contributed by atoms with Gasteiger partial charge >= 0.3 is 5.97 Å². The summed E-state index contributed by atoms with van der Waals surface area (Å²) in [4.78, 5) is 16.4. The van der Waals surface area contributed by atoms with E-state index >= 15 is 0 Å². The van der Waals surface area contributed by atoms with Crippen LogP contribution in [0.4, 0.5) is 0 Å². The van der Waals surface area contributed by atoms with E-state index in [-0.39, 0.29) is 0 Å². The quantitative estimate of drug-likeness (QED) is 0.787. The zero-order valence-corrected chi connectivity index (χ0v) is 14.4. The molecule has 1 fully saturated rings. The monoisotopic (exact) mass is 335 g/mol. The number of aromatic nitrogens is 3. The number of esters is 1. The lowest BCUT2D eigenvalue weighted by molar-refractivity contribution is 0.0526. The maximum atomic E-state index is 12.0. The van der Waals surface area contributed by atoms with Gasteiger partial charge in [-0.1, -0.05) is 30.9 Å². The van der Waals surface area contributed by atoms with Gasteiger partial charge in [0.05, 0.1) is 28.3 Å². The van der Waals surface area contributed by atoms with Gasteiger partial charge in [0, 0.05) is 12.7 Å². The molecule has 2 heterocycles. The number of carbonyl (C=O) groups excluding carboxylic acids is 1. The Hall–Kier alpha value is -1.62. The standard InChI is InChI=1S/C17H22ClN3O2/c1-3-23-17(22)13-9-19-16-14(15(13)18)11(2)20-21(16)10-12-7-5-4-6-8-12/h9,12H,3-8,10H2,1-2H3. The maximum absolute atomic E-state index is 12.0. The number of aryl methyl sites for hydroxylation is 1. The molecular weight excluding hydrogens is 314 g/mol. The molecule has 1 aliphatic rings. The van der Waals surface area contributed by atoms with Gasteiger partial charge in [0.2, 0.25) is 0 Å². The van der Waals surface area contributed by atoms with Crippen LogP contribution in [0.1, 0.15) is 55.1 Å². The summed E-state index contributed by atoms with van der Waals surface area (Å²) in [5, 5.41) is 5.76. The van der Waals surface area contributed by atoms with E-state index in [1.54, 1.807) is 6.92 Å². The van der Waals surface area contributed by atoms with E-state index in [2.05, 4.69) is 10.1 Å². The first kappa shape index (κ1) is 16.2. The smallest absolute Gasteiger partial charge is 0.341 e. The molecule has 6 heteroatoms. The first-order valence-corrected chi connectivity index (χ1v) is 8.68. The predicted molar refractivity (Wildman–Crippen MR) is 89.8 cm³/mol. The second kappa shape index (κ2) is 6.87. The fourth-order valence-electron chi connectivity index (χ4n) is 3.37. The minimum Gasteiger partial charge on any atom is -0.462 e. The van der Waals surface area contributed by atoms with Crippen LogP contribution < -0.4 is 0 Å². The van der Waals surface area contributed by atoms with Gasteiger partial charge in [0.25, 0.3) is 0 Å². The van der Waals surface area contributed by atoms with Crippen molar-refractivity contribution >= 4 is 28.6 Å². The minimum atomic E-state index is -0.439. The number of nitrogens with zero attached hydrogens (tertiary/aromatic N) is 3. The summed E-state index contributed by atoms with van der Waals surface area (Å²) in [5.41, 5.74) is 1.87. The van der Waals surface area contributed by atoms with E-state index in [1.165, 1.54) is 38.3 Å². The molecule has 0 aliphatic heterocycles. The van der Waals surface area contributed by atoms with Gasteiger partial charge in [-0.05, 0) is 32.6 Å². The van der Waals surface area contributed by atoms with Crippen molar-refractivity contribution in [1.82, 2.24) is 14.8 Å². The van der Waals surface area contributed by atoms with Crippen LogP contribution in [0.25, 0.3) is 11.0 Å². The highest BCUT2D eigenvalue weighted by molar-refractivity contribution is 6.38. The zero-order valence-electron chi connectivity index (χ0n) is 13.6. The number of pyridine rings is 1. The van der Waals surface area contributed by atoms with Crippen molar-refractivity contribution in [3.8, 4) is 0 Å². The van der Waals surface area contributed by atoms with Crippen LogP contribution in [-0.2, 0) is 11.3 Å². The van der Waals surface area contributed by atoms with Gasteiger partial charge in [0.15, 0.2) is 5.65 Å². The molecule has 2 aromatic heterocycles. The molecular formula is C17H22ClN3O2. The number of rotatable bonds is 4. The first-order chi connectivity index (χ1) is 11.1. The SMILES string of the molecule is CCOC(=O)c1cnc2c(c(C)nn2CC2CCCCC2)c1Cl. The molecule has 0 bridgehead atoms. The van der Waals surface area contributed by atoms with Crippen LogP contribution in [0, 0.1) is 12.8 Å². The average Bonchev–Trinajstić information content (AvgIpc) is 2.85. The third-order valence-corrected chi connectivity index (χ3v) is 4.92. The molecule has 0 amide bonds. The lowest BCUT2D eigenvalue weighted by atomic mass is 9.89. The van der Waals surface area contributed by atoms with Crippen molar-refractivity contribution in [2.75, 3.05) is 6.61 Å². The highest BCUT2D eigenvalue weighted by atomic mass is 35.5. The normalized spacial score (nSPS) is 16.0. The Labute approximate surface area is 141 Å². The molecule has 0 aromatic carbocycles. The molecule has 0 spiro atoms. The van der Waals surface area contributed by atoms with Gasteiger partial charge in [-0.15, -0.1) is 0 Å². The molecule has 1 saturated carbocycles. The molecule has 124 valence electrons. The summed E-state index contributed by atoms with van der Waals surface area (Å²) in [5.74, 6) is 0.211. The molecule has 2 aromatic rings. The third kappa shape index (κ3) is 3.20. The number of hydrogen-bond donors (Lipinski definition) is 0. The predicted octanol–water partition coefficient (Wildman–Crippen LogP) is 4.15. The van der Waals surface area contributed by atoms with Crippen LogP contribution >= 0.6 is 11.6 Å². The molecule has 1 aliphatic carbocycles. The number of hydrogen-bond acceptors (Lipinski definition) is 4. The van der Waals surface area contributed by atoms with Crippen molar-refractivity contribution in [3.63, 3.8) is 0 Å². The summed E-state index contributed by atoms with van der Waals surface area (Å²) in [6.45, 7) is 4.85. The fraction of sp³-hybridized carbons (Fsp3) is 0.588. The van der Waals surface area contributed by atoms with Crippen LogP contribution in [0.3, 0.4) is 0 Å². The Kier molecular flexibility index (Phi) is 4.85. The summed E-state index contributed by atoms with van der Waals surface area (Å²) < 4.78 is 6.98. The van der Waals surface area contributed by atoms with E-state index in [0.29, 0.717) is 23.1 Å². The summed E-state index contributed by atoms with van der Waals surface area (Å²) >= 11 is 6.44. The van der Waals surface area contributed by atoms with Crippen LogP contribution in [0.5, 0.6) is 0 Å². The van der Waals surface area contributed by atoms with E-state index in [4.69, 9.17) is 16.3 Å². The second-order valence-electron chi connectivity index (χ2n) is 6.18. The van der Waals surface area contributed by atoms with Gasteiger partial charge in [-0.25, -0.2) is 14.5 Å². The second-order valence-corrected chi connectivity index (χ2v) is 6.55. The van der Waals surface area contributed by atoms with Crippen molar-refractivity contribution in [3.05, 3.63) is 22.5 Å².